The second-order valence-electron chi connectivity index (χ2n) is 5.40. The van der Waals surface area contributed by atoms with Crippen LogP contribution in [0.5, 0.6) is 17.2 Å². The Kier molecular flexibility index (Phi) is 6.34. The number of methoxy groups -OCH3 is 3. The fourth-order valence-electron chi connectivity index (χ4n) is 2.28. The van der Waals surface area contributed by atoms with Crippen LogP contribution in [0.4, 0.5) is 13.2 Å². The molecule has 0 aromatic heterocycles. The van der Waals surface area contributed by atoms with Gasteiger partial charge in [-0.1, -0.05) is 0 Å². The number of nitrogens with one attached hydrogen (secondary N) is 2. The Hall–Kier alpha value is -3.43. The number of halogens is 3. The van der Waals surface area contributed by atoms with E-state index in [4.69, 9.17) is 14.2 Å². The van der Waals surface area contributed by atoms with Gasteiger partial charge in [-0.15, -0.1) is 0 Å². The van der Waals surface area contributed by atoms with Gasteiger partial charge in [0.2, 0.25) is 5.75 Å². The van der Waals surface area contributed by atoms with E-state index in [1.54, 1.807) is 0 Å². The van der Waals surface area contributed by atoms with E-state index in [1.807, 2.05) is 0 Å². The zero-order valence-corrected chi connectivity index (χ0v) is 15.1. The second-order valence-corrected chi connectivity index (χ2v) is 5.40. The summed E-state index contributed by atoms with van der Waals surface area (Å²) in [6.45, 7) is 0. The maximum atomic E-state index is 12.6. The molecule has 0 saturated carbocycles. The Morgan fingerprint density at radius 2 is 1.25 bits per heavy atom. The van der Waals surface area contributed by atoms with Crippen molar-refractivity contribution in [2.24, 2.45) is 0 Å². The summed E-state index contributed by atoms with van der Waals surface area (Å²) in [5, 5.41) is 0. The number of carbonyl (C=O) groups is 2. The SMILES string of the molecule is COc1cc(C(=O)NNC(=O)c2ccc(C(F)(F)F)cc2)cc(OC)c1OC. The Balaban J connectivity index is 2.10. The lowest BCUT2D eigenvalue weighted by atomic mass is 10.1. The number of hydrogen-bond acceptors (Lipinski definition) is 5. The summed E-state index contributed by atoms with van der Waals surface area (Å²) in [6.07, 6.45) is -4.50. The zero-order chi connectivity index (χ0) is 20.9. The molecular weight excluding hydrogens is 381 g/mol. The van der Waals surface area contributed by atoms with Crippen LogP contribution in [0.15, 0.2) is 36.4 Å². The quantitative estimate of drug-likeness (QED) is 0.757. The number of hydrogen-bond donors (Lipinski definition) is 2. The van der Waals surface area contributed by atoms with Crippen LogP contribution < -0.4 is 25.1 Å². The van der Waals surface area contributed by atoms with E-state index in [0.717, 1.165) is 24.3 Å². The molecule has 0 saturated heterocycles. The summed E-state index contributed by atoms with van der Waals surface area (Å²) in [6, 6.07) is 6.31. The van der Waals surface area contributed by atoms with Crippen LogP contribution >= 0.6 is 0 Å². The Labute approximate surface area is 158 Å². The molecule has 2 aromatic carbocycles. The van der Waals surface area contributed by atoms with Gasteiger partial charge in [0.25, 0.3) is 11.8 Å². The molecule has 0 bridgehead atoms. The topological polar surface area (TPSA) is 85.9 Å². The fraction of sp³-hybridized carbons (Fsp3) is 0.222. The Morgan fingerprint density at radius 1 is 0.786 bits per heavy atom. The molecule has 2 N–H and O–H groups in total. The molecule has 0 spiro atoms. The first-order valence-corrected chi connectivity index (χ1v) is 7.79. The molecule has 7 nitrogen and oxygen atoms in total. The average Bonchev–Trinajstić information content (AvgIpc) is 2.69. The lowest BCUT2D eigenvalue weighted by Gasteiger charge is -2.14. The summed E-state index contributed by atoms with van der Waals surface area (Å²) in [7, 11) is 4.17. The molecule has 2 rings (SSSR count). The highest BCUT2D eigenvalue weighted by atomic mass is 19.4. The van der Waals surface area contributed by atoms with Crippen molar-refractivity contribution in [3.63, 3.8) is 0 Å². The number of rotatable bonds is 5. The van der Waals surface area contributed by atoms with Crippen LogP contribution in [-0.2, 0) is 6.18 Å². The number of alkyl halides is 3. The van der Waals surface area contributed by atoms with E-state index in [2.05, 4.69) is 10.9 Å². The Morgan fingerprint density at radius 3 is 1.64 bits per heavy atom. The van der Waals surface area contributed by atoms with E-state index in [1.165, 1.54) is 33.5 Å². The number of ether oxygens (including phenoxy) is 3. The lowest BCUT2D eigenvalue weighted by Crippen LogP contribution is -2.41. The number of hydrazine groups is 1. The molecule has 0 aliphatic rings. The maximum absolute atomic E-state index is 12.6. The van der Waals surface area contributed by atoms with Crippen molar-refractivity contribution < 1.29 is 37.0 Å². The van der Waals surface area contributed by atoms with Gasteiger partial charge in [0.15, 0.2) is 11.5 Å². The summed E-state index contributed by atoms with van der Waals surface area (Å²) in [5.74, 6) is -0.716. The first-order chi connectivity index (χ1) is 13.2. The molecule has 0 atom stereocenters. The highest BCUT2D eigenvalue weighted by Gasteiger charge is 2.30. The first kappa shape index (κ1) is 20.9. The van der Waals surface area contributed by atoms with Gasteiger partial charge < -0.3 is 14.2 Å². The van der Waals surface area contributed by atoms with Crippen molar-refractivity contribution >= 4 is 11.8 Å². The molecule has 0 fully saturated rings. The number of benzene rings is 2. The van der Waals surface area contributed by atoms with Crippen molar-refractivity contribution in [1.29, 1.82) is 0 Å². The van der Waals surface area contributed by atoms with Crippen molar-refractivity contribution in [3.8, 4) is 17.2 Å². The van der Waals surface area contributed by atoms with Crippen LogP contribution in [0.25, 0.3) is 0 Å². The predicted molar refractivity (Wildman–Crippen MR) is 92.5 cm³/mol. The largest absolute Gasteiger partial charge is 0.493 e. The van der Waals surface area contributed by atoms with E-state index in [0.29, 0.717) is 0 Å². The first-order valence-electron chi connectivity index (χ1n) is 7.79. The van der Waals surface area contributed by atoms with Crippen molar-refractivity contribution in [2.45, 2.75) is 6.18 Å². The molecule has 10 heteroatoms. The molecule has 28 heavy (non-hydrogen) atoms. The molecule has 0 aliphatic heterocycles. The lowest BCUT2D eigenvalue weighted by molar-refractivity contribution is -0.137. The fourth-order valence-corrected chi connectivity index (χ4v) is 2.28. The van der Waals surface area contributed by atoms with Crippen LogP contribution in [0.3, 0.4) is 0 Å². The van der Waals surface area contributed by atoms with Crippen molar-refractivity contribution in [1.82, 2.24) is 10.9 Å². The second kappa shape index (κ2) is 8.51. The average molecular weight is 398 g/mol. The highest BCUT2D eigenvalue weighted by molar-refractivity contribution is 5.99. The summed E-state index contributed by atoms with van der Waals surface area (Å²) in [4.78, 5) is 24.3. The third-order valence-corrected chi connectivity index (χ3v) is 3.69. The molecule has 0 heterocycles. The van der Waals surface area contributed by atoms with E-state index >= 15 is 0 Å². The molecule has 150 valence electrons. The van der Waals surface area contributed by atoms with E-state index in [9.17, 15) is 22.8 Å². The third-order valence-electron chi connectivity index (χ3n) is 3.69. The monoisotopic (exact) mass is 398 g/mol. The normalized spacial score (nSPS) is 10.8. The van der Waals surface area contributed by atoms with Gasteiger partial charge in [0, 0.05) is 11.1 Å². The van der Waals surface area contributed by atoms with Crippen LogP contribution in [0, 0.1) is 0 Å². The minimum absolute atomic E-state index is 0.0572. The highest BCUT2D eigenvalue weighted by Crippen LogP contribution is 2.38. The molecule has 0 radical (unpaired) electrons. The molecule has 2 aromatic rings. The predicted octanol–water partition coefficient (Wildman–Crippen LogP) is 2.81. The summed E-state index contributed by atoms with van der Waals surface area (Å²) < 4.78 is 53.1. The van der Waals surface area contributed by atoms with Gasteiger partial charge >= 0.3 is 6.18 Å². The number of carbonyl (C=O) groups excluding carboxylic acids is 2. The standard InChI is InChI=1S/C18H17F3N2O5/c1-26-13-8-11(9-14(27-2)15(13)28-3)17(25)23-22-16(24)10-4-6-12(7-5-10)18(19,20)21/h4-9H,1-3H3,(H,22,24)(H,23,25). The zero-order valence-electron chi connectivity index (χ0n) is 15.1. The third kappa shape index (κ3) is 4.64. The van der Waals surface area contributed by atoms with Gasteiger partial charge in [-0.25, -0.2) is 0 Å². The summed E-state index contributed by atoms with van der Waals surface area (Å²) >= 11 is 0. The van der Waals surface area contributed by atoms with E-state index in [-0.39, 0.29) is 28.4 Å². The van der Waals surface area contributed by atoms with Gasteiger partial charge in [-0.3, -0.25) is 20.4 Å². The summed E-state index contributed by atoms with van der Waals surface area (Å²) in [5.41, 5.74) is 3.45. The minimum Gasteiger partial charge on any atom is -0.493 e. The minimum atomic E-state index is -4.50. The van der Waals surface area contributed by atoms with E-state index < -0.39 is 23.6 Å². The van der Waals surface area contributed by atoms with Crippen molar-refractivity contribution in [3.05, 3.63) is 53.1 Å². The smallest absolute Gasteiger partial charge is 0.416 e. The Bertz CT molecular complexity index is 842. The van der Waals surface area contributed by atoms with Gasteiger partial charge in [-0.2, -0.15) is 13.2 Å². The molecule has 0 unspecified atom stereocenters. The van der Waals surface area contributed by atoms with Gasteiger partial charge in [0.1, 0.15) is 0 Å². The van der Waals surface area contributed by atoms with Crippen LogP contribution in [-0.4, -0.2) is 33.1 Å². The van der Waals surface area contributed by atoms with Gasteiger partial charge in [-0.05, 0) is 36.4 Å². The van der Waals surface area contributed by atoms with Crippen LogP contribution in [0.2, 0.25) is 0 Å². The van der Waals surface area contributed by atoms with Crippen LogP contribution in [0.1, 0.15) is 26.3 Å². The van der Waals surface area contributed by atoms with Crippen molar-refractivity contribution in [2.75, 3.05) is 21.3 Å². The van der Waals surface area contributed by atoms with Gasteiger partial charge in [0.05, 0.1) is 26.9 Å². The molecular formula is C18H17F3N2O5. The molecule has 2 amide bonds. The molecule has 0 aliphatic carbocycles. The number of amides is 2. The maximum Gasteiger partial charge on any atom is 0.416 e.